The number of ether oxygens (including phenoxy) is 1. The summed E-state index contributed by atoms with van der Waals surface area (Å²) in [5, 5.41) is 6.23. The van der Waals surface area contributed by atoms with Gasteiger partial charge in [0.15, 0.2) is 0 Å². The standard InChI is InChI=1S/C17H24N2O2/c1-12(15-8-18-9-15)17(20)19-16-4-2-3-14(7-16)11-21-10-13-5-6-13/h2-4,7,12-13,15,18H,5-6,8-11H2,1H3,(H,19,20). The van der Waals surface area contributed by atoms with E-state index in [-0.39, 0.29) is 11.8 Å². The zero-order chi connectivity index (χ0) is 14.7. The fraction of sp³-hybridized carbons (Fsp3) is 0.588. The molecule has 1 heterocycles. The van der Waals surface area contributed by atoms with Crippen LogP contribution in [0.15, 0.2) is 24.3 Å². The van der Waals surface area contributed by atoms with Crippen molar-refractivity contribution in [1.29, 1.82) is 0 Å². The van der Waals surface area contributed by atoms with Crippen LogP contribution in [0.5, 0.6) is 0 Å². The maximum atomic E-state index is 12.2. The summed E-state index contributed by atoms with van der Waals surface area (Å²) in [5.41, 5.74) is 1.98. The maximum absolute atomic E-state index is 12.2. The zero-order valence-electron chi connectivity index (χ0n) is 12.6. The molecule has 1 atom stereocenters. The molecule has 0 bridgehead atoms. The first-order valence-electron chi connectivity index (χ1n) is 7.90. The van der Waals surface area contributed by atoms with Gasteiger partial charge >= 0.3 is 0 Å². The Bertz CT molecular complexity index is 495. The summed E-state index contributed by atoms with van der Waals surface area (Å²) in [6, 6.07) is 7.97. The second kappa shape index (κ2) is 6.58. The molecule has 3 rings (SSSR count). The largest absolute Gasteiger partial charge is 0.376 e. The van der Waals surface area contributed by atoms with Crippen molar-refractivity contribution in [3.63, 3.8) is 0 Å². The topological polar surface area (TPSA) is 50.4 Å². The van der Waals surface area contributed by atoms with Crippen molar-refractivity contribution in [2.45, 2.75) is 26.4 Å². The van der Waals surface area contributed by atoms with E-state index >= 15 is 0 Å². The molecule has 1 aromatic carbocycles. The van der Waals surface area contributed by atoms with E-state index in [1.54, 1.807) is 0 Å². The molecule has 1 aliphatic carbocycles. The normalized spacial score (nSPS) is 19.9. The smallest absolute Gasteiger partial charge is 0.227 e. The van der Waals surface area contributed by atoms with E-state index in [1.807, 2.05) is 31.2 Å². The quantitative estimate of drug-likeness (QED) is 0.810. The molecule has 4 heteroatoms. The Morgan fingerprint density at radius 1 is 1.43 bits per heavy atom. The number of benzene rings is 1. The van der Waals surface area contributed by atoms with Crippen LogP contribution in [0.25, 0.3) is 0 Å². The van der Waals surface area contributed by atoms with Crippen LogP contribution in [-0.4, -0.2) is 25.6 Å². The maximum Gasteiger partial charge on any atom is 0.227 e. The zero-order valence-corrected chi connectivity index (χ0v) is 12.6. The summed E-state index contributed by atoms with van der Waals surface area (Å²) in [6.45, 7) is 5.39. The molecule has 1 aromatic rings. The molecule has 0 spiro atoms. The minimum Gasteiger partial charge on any atom is -0.376 e. The number of hydrogen-bond acceptors (Lipinski definition) is 3. The fourth-order valence-corrected chi connectivity index (χ4v) is 2.50. The SMILES string of the molecule is CC(C(=O)Nc1cccc(COCC2CC2)c1)C1CNC1. The molecule has 1 aliphatic heterocycles. The van der Waals surface area contributed by atoms with Gasteiger partial charge in [-0.1, -0.05) is 19.1 Å². The summed E-state index contributed by atoms with van der Waals surface area (Å²) < 4.78 is 5.69. The van der Waals surface area contributed by atoms with Crippen LogP contribution in [0.1, 0.15) is 25.3 Å². The Hall–Kier alpha value is -1.39. The van der Waals surface area contributed by atoms with Gasteiger partial charge in [-0.25, -0.2) is 0 Å². The number of rotatable bonds is 7. The molecule has 2 aliphatic rings. The third kappa shape index (κ3) is 4.05. The molecule has 1 saturated carbocycles. The summed E-state index contributed by atoms with van der Waals surface area (Å²) in [6.07, 6.45) is 2.62. The lowest BCUT2D eigenvalue weighted by Crippen LogP contribution is -2.48. The van der Waals surface area contributed by atoms with Crippen molar-refractivity contribution < 1.29 is 9.53 Å². The molecule has 2 fully saturated rings. The molecule has 2 N–H and O–H groups in total. The van der Waals surface area contributed by atoms with Gasteiger partial charge in [-0.2, -0.15) is 0 Å². The van der Waals surface area contributed by atoms with Crippen molar-refractivity contribution in [3.8, 4) is 0 Å². The minimum atomic E-state index is 0.0565. The van der Waals surface area contributed by atoms with Crippen LogP contribution in [0, 0.1) is 17.8 Å². The van der Waals surface area contributed by atoms with Crippen molar-refractivity contribution in [2.24, 2.45) is 17.8 Å². The summed E-state index contributed by atoms with van der Waals surface area (Å²) in [4.78, 5) is 12.2. The molecule has 1 unspecified atom stereocenters. The summed E-state index contributed by atoms with van der Waals surface area (Å²) in [7, 11) is 0. The predicted molar refractivity (Wildman–Crippen MR) is 83.0 cm³/mol. The van der Waals surface area contributed by atoms with Crippen molar-refractivity contribution in [2.75, 3.05) is 25.0 Å². The van der Waals surface area contributed by atoms with Crippen LogP contribution >= 0.6 is 0 Å². The van der Waals surface area contributed by atoms with Gasteiger partial charge in [0, 0.05) is 18.2 Å². The van der Waals surface area contributed by atoms with Crippen LogP contribution in [-0.2, 0) is 16.1 Å². The molecule has 1 amide bonds. The van der Waals surface area contributed by atoms with Gasteiger partial charge in [0.1, 0.15) is 0 Å². The first-order valence-corrected chi connectivity index (χ1v) is 7.90. The molecule has 4 nitrogen and oxygen atoms in total. The Kier molecular flexibility index (Phi) is 4.56. The first-order chi connectivity index (χ1) is 10.2. The van der Waals surface area contributed by atoms with E-state index in [9.17, 15) is 4.79 Å². The lowest BCUT2D eigenvalue weighted by atomic mass is 9.88. The molecular formula is C17H24N2O2. The van der Waals surface area contributed by atoms with Gasteiger partial charge < -0.3 is 15.4 Å². The molecular weight excluding hydrogens is 264 g/mol. The number of anilines is 1. The molecule has 0 radical (unpaired) electrons. The van der Waals surface area contributed by atoms with Gasteiger partial charge in [0.2, 0.25) is 5.91 Å². The average molecular weight is 288 g/mol. The van der Waals surface area contributed by atoms with Gasteiger partial charge in [-0.3, -0.25) is 4.79 Å². The highest BCUT2D eigenvalue weighted by Crippen LogP contribution is 2.29. The Morgan fingerprint density at radius 3 is 2.90 bits per heavy atom. The monoisotopic (exact) mass is 288 g/mol. The minimum absolute atomic E-state index is 0.0565. The van der Waals surface area contributed by atoms with Gasteiger partial charge in [0.05, 0.1) is 6.61 Å². The molecule has 21 heavy (non-hydrogen) atoms. The Morgan fingerprint density at radius 2 is 2.24 bits per heavy atom. The fourth-order valence-electron chi connectivity index (χ4n) is 2.50. The van der Waals surface area contributed by atoms with E-state index in [0.717, 1.165) is 36.9 Å². The van der Waals surface area contributed by atoms with Crippen molar-refractivity contribution in [1.82, 2.24) is 5.32 Å². The highest BCUT2D eigenvalue weighted by molar-refractivity contribution is 5.92. The predicted octanol–water partition coefficient (Wildman–Crippen LogP) is 2.41. The highest BCUT2D eigenvalue weighted by Gasteiger charge is 2.28. The van der Waals surface area contributed by atoms with E-state index in [0.29, 0.717) is 12.5 Å². The summed E-state index contributed by atoms with van der Waals surface area (Å²) in [5.74, 6) is 1.42. The number of carbonyl (C=O) groups is 1. The van der Waals surface area contributed by atoms with E-state index in [4.69, 9.17) is 4.74 Å². The molecule has 114 valence electrons. The van der Waals surface area contributed by atoms with Gasteiger partial charge in [-0.05, 0) is 55.5 Å². The number of nitrogens with one attached hydrogen (secondary N) is 2. The Labute approximate surface area is 126 Å². The van der Waals surface area contributed by atoms with Gasteiger partial charge in [-0.15, -0.1) is 0 Å². The number of amides is 1. The Balaban J connectivity index is 1.50. The molecule has 1 saturated heterocycles. The third-order valence-corrected chi connectivity index (χ3v) is 4.45. The highest BCUT2D eigenvalue weighted by atomic mass is 16.5. The van der Waals surface area contributed by atoms with E-state index in [1.165, 1.54) is 12.8 Å². The van der Waals surface area contributed by atoms with Gasteiger partial charge in [0.25, 0.3) is 0 Å². The average Bonchev–Trinajstić information content (AvgIpc) is 3.21. The van der Waals surface area contributed by atoms with Crippen molar-refractivity contribution in [3.05, 3.63) is 29.8 Å². The van der Waals surface area contributed by atoms with Crippen LogP contribution < -0.4 is 10.6 Å². The lowest BCUT2D eigenvalue weighted by molar-refractivity contribution is -0.121. The molecule has 0 aromatic heterocycles. The summed E-state index contributed by atoms with van der Waals surface area (Å²) >= 11 is 0. The van der Waals surface area contributed by atoms with Crippen LogP contribution in [0.2, 0.25) is 0 Å². The van der Waals surface area contributed by atoms with Crippen LogP contribution in [0.3, 0.4) is 0 Å². The second-order valence-corrected chi connectivity index (χ2v) is 6.36. The third-order valence-electron chi connectivity index (χ3n) is 4.45. The van der Waals surface area contributed by atoms with Crippen LogP contribution in [0.4, 0.5) is 5.69 Å². The lowest BCUT2D eigenvalue weighted by Gasteiger charge is -2.31. The van der Waals surface area contributed by atoms with Crippen molar-refractivity contribution >= 4 is 11.6 Å². The van der Waals surface area contributed by atoms with E-state index in [2.05, 4.69) is 10.6 Å². The second-order valence-electron chi connectivity index (χ2n) is 6.36. The number of hydrogen-bond donors (Lipinski definition) is 2. The van der Waals surface area contributed by atoms with E-state index < -0.39 is 0 Å². The number of carbonyl (C=O) groups excluding carboxylic acids is 1. The first kappa shape index (κ1) is 14.5.